The molecule has 0 fully saturated rings. The summed E-state index contributed by atoms with van der Waals surface area (Å²) in [7, 11) is 4.18. The molecule has 1 rings (SSSR count). The molecule has 0 aliphatic heterocycles. The minimum absolute atomic E-state index is 0.124. The van der Waals surface area contributed by atoms with Crippen molar-refractivity contribution in [2.24, 2.45) is 0 Å². The molecule has 0 aromatic heterocycles. The number of anilines is 2. The highest BCUT2D eigenvalue weighted by Gasteiger charge is 2.19. The molecule has 16 heavy (non-hydrogen) atoms. The number of rotatable bonds is 4. The van der Waals surface area contributed by atoms with Crippen LogP contribution in [0.5, 0.6) is 0 Å². The predicted octanol–water partition coefficient (Wildman–Crippen LogP) is 2.33. The molecule has 0 aliphatic rings. The SMILES string of the molecule is Cc1cc(N)cc(NCC(C)(C)N(C)C)c1. The lowest BCUT2D eigenvalue weighted by molar-refractivity contribution is 0.210. The highest BCUT2D eigenvalue weighted by molar-refractivity contribution is 5.56. The second-order valence-corrected chi connectivity index (χ2v) is 5.19. The van der Waals surface area contributed by atoms with Gasteiger partial charge in [-0.15, -0.1) is 0 Å². The molecule has 0 heterocycles. The number of nitrogens with zero attached hydrogens (tertiary/aromatic N) is 1. The molecule has 0 bridgehead atoms. The van der Waals surface area contributed by atoms with Crippen LogP contribution < -0.4 is 11.1 Å². The molecule has 0 unspecified atom stereocenters. The van der Waals surface area contributed by atoms with Crippen LogP contribution in [-0.4, -0.2) is 31.1 Å². The van der Waals surface area contributed by atoms with Crippen molar-refractivity contribution in [3.05, 3.63) is 23.8 Å². The van der Waals surface area contributed by atoms with Gasteiger partial charge in [-0.05, 0) is 58.6 Å². The minimum atomic E-state index is 0.124. The molecule has 0 aliphatic carbocycles. The first-order valence-electron chi connectivity index (χ1n) is 5.60. The van der Waals surface area contributed by atoms with Crippen LogP contribution in [0.15, 0.2) is 18.2 Å². The van der Waals surface area contributed by atoms with Crippen molar-refractivity contribution in [2.45, 2.75) is 26.3 Å². The van der Waals surface area contributed by atoms with E-state index in [0.717, 1.165) is 17.9 Å². The summed E-state index contributed by atoms with van der Waals surface area (Å²) < 4.78 is 0. The van der Waals surface area contributed by atoms with Crippen molar-refractivity contribution >= 4 is 11.4 Å². The first kappa shape index (κ1) is 12.8. The van der Waals surface area contributed by atoms with Crippen molar-refractivity contribution in [3.8, 4) is 0 Å². The van der Waals surface area contributed by atoms with Crippen molar-refractivity contribution in [1.29, 1.82) is 0 Å². The van der Waals surface area contributed by atoms with Gasteiger partial charge < -0.3 is 16.0 Å². The number of likely N-dealkylation sites (N-methyl/N-ethyl adjacent to an activating group) is 1. The Bertz CT molecular complexity index is 336. The normalized spacial score (nSPS) is 11.9. The van der Waals surface area contributed by atoms with Crippen LogP contribution in [0.2, 0.25) is 0 Å². The van der Waals surface area contributed by atoms with Crippen molar-refractivity contribution in [1.82, 2.24) is 4.90 Å². The molecule has 0 amide bonds. The zero-order valence-corrected chi connectivity index (χ0v) is 11.0. The quantitative estimate of drug-likeness (QED) is 0.767. The second kappa shape index (κ2) is 4.74. The number of nitrogen functional groups attached to an aromatic ring is 1. The molecule has 3 heteroatoms. The van der Waals surface area contributed by atoms with Crippen LogP contribution in [0, 0.1) is 6.92 Å². The maximum Gasteiger partial charge on any atom is 0.0364 e. The average molecular weight is 221 g/mol. The highest BCUT2D eigenvalue weighted by atomic mass is 15.2. The smallest absolute Gasteiger partial charge is 0.0364 e. The zero-order chi connectivity index (χ0) is 12.3. The maximum atomic E-state index is 5.81. The molecule has 0 saturated carbocycles. The van der Waals surface area contributed by atoms with Gasteiger partial charge in [0.2, 0.25) is 0 Å². The van der Waals surface area contributed by atoms with E-state index in [2.05, 4.69) is 51.1 Å². The number of hydrogen-bond acceptors (Lipinski definition) is 3. The lowest BCUT2D eigenvalue weighted by Gasteiger charge is -2.33. The largest absolute Gasteiger partial charge is 0.399 e. The van der Waals surface area contributed by atoms with E-state index in [9.17, 15) is 0 Å². The third kappa shape index (κ3) is 3.42. The van der Waals surface area contributed by atoms with Gasteiger partial charge in [0.25, 0.3) is 0 Å². The number of hydrogen-bond donors (Lipinski definition) is 2. The van der Waals surface area contributed by atoms with Crippen LogP contribution in [0.4, 0.5) is 11.4 Å². The van der Waals surface area contributed by atoms with Gasteiger partial charge in [0.15, 0.2) is 0 Å². The lowest BCUT2D eigenvalue weighted by atomic mass is 10.0. The van der Waals surface area contributed by atoms with Gasteiger partial charge in [0.1, 0.15) is 0 Å². The molecule has 0 radical (unpaired) electrons. The van der Waals surface area contributed by atoms with Crippen LogP contribution in [0.25, 0.3) is 0 Å². The molecule has 0 atom stereocenters. The lowest BCUT2D eigenvalue weighted by Crippen LogP contribution is -2.44. The Morgan fingerprint density at radius 2 is 1.88 bits per heavy atom. The third-order valence-electron chi connectivity index (χ3n) is 3.04. The summed E-state index contributed by atoms with van der Waals surface area (Å²) in [6.45, 7) is 7.36. The Labute approximate surface area is 98.6 Å². The zero-order valence-electron chi connectivity index (χ0n) is 11.0. The standard InChI is InChI=1S/C13H23N3/c1-10-6-11(14)8-12(7-10)15-9-13(2,3)16(4)5/h6-8,15H,9,14H2,1-5H3. The molecular formula is C13H23N3. The van der Waals surface area contributed by atoms with Crippen molar-refractivity contribution < 1.29 is 0 Å². The second-order valence-electron chi connectivity index (χ2n) is 5.19. The first-order chi connectivity index (χ1) is 7.31. The number of benzene rings is 1. The van der Waals surface area contributed by atoms with E-state index in [4.69, 9.17) is 5.73 Å². The van der Waals surface area contributed by atoms with E-state index >= 15 is 0 Å². The van der Waals surface area contributed by atoms with Gasteiger partial charge in [-0.3, -0.25) is 0 Å². The number of nitrogens with two attached hydrogens (primary N) is 1. The molecule has 0 spiro atoms. The Kier molecular flexibility index (Phi) is 3.81. The summed E-state index contributed by atoms with van der Waals surface area (Å²) in [5.74, 6) is 0. The fourth-order valence-electron chi connectivity index (χ4n) is 1.39. The number of aryl methyl sites for hydroxylation is 1. The minimum Gasteiger partial charge on any atom is -0.399 e. The summed E-state index contributed by atoms with van der Waals surface area (Å²) >= 11 is 0. The summed E-state index contributed by atoms with van der Waals surface area (Å²) in [6, 6.07) is 6.06. The fourth-order valence-corrected chi connectivity index (χ4v) is 1.39. The number of nitrogens with one attached hydrogen (secondary N) is 1. The van der Waals surface area contributed by atoms with Gasteiger partial charge in [-0.1, -0.05) is 0 Å². The molecule has 3 nitrogen and oxygen atoms in total. The molecular weight excluding hydrogens is 198 g/mol. The van der Waals surface area contributed by atoms with Crippen LogP contribution in [-0.2, 0) is 0 Å². The van der Waals surface area contributed by atoms with Crippen molar-refractivity contribution in [2.75, 3.05) is 31.7 Å². The van der Waals surface area contributed by atoms with Gasteiger partial charge in [-0.25, -0.2) is 0 Å². The van der Waals surface area contributed by atoms with E-state index in [-0.39, 0.29) is 5.54 Å². The summed E-state index contributed by atoms with van der Waals surface area (Å²) in [5.41, 5.74) is 9.02. The fraction of sp³-hybridized carbons (Fsp3) is 0.538. The Morgan fingerprint density at radius 1 is 1.25 bits per heavy atom. The van der Waals surface area contributed by atoms with E-state index in [1.165, 1.54) is 5.56 Å². The first-order valence-corrected chi connectivity index (χ1v) is 5.60. The van der Waals surface area contributed by atoms with Gasteiger partial charge in [0, 0.05) is 23.5 Å². The monoisotopic (exact) mass is 221 g/mol. The molecule has 1 aromatic rings. The Hall–Kier alpha value is -1.22. The van der Waals surface area contributed by atoms with Gasteiger partial charge >= 0.3 is 0 Å². The Balaban J connectivity index is 2.68. The maximum absolute atomic E-state index is 5.81. The van der Waals surface area contributed by atoms with Crippen LogP contribution in [0.1, 0.15) is 19.4 Å². The topological polar surface area (TPSA) is 41.3 Å². The predicted molar refractivity (Wildman–Crippen MR) is 71.8 cm³/mol. The van der Waals surface area contributed by atoms with E-state index in [1.54, 1.807) is 0 Å². The molecule has 0 saturated heterocycles. The average Bonchev–Trinajstić information content (AvgIpc) is 2.13. The molecule has 3 N–H and O–H groups in total. The van der Waals surface area contributed by atoms with E-state index in [1.807, 2.05) is 12.1 Å². The third-order valence-corrected chi connectivity index (χ3v) is 3.04. The van der Waals surface area contributed by atoms with Crippen molar-refractivity contribution in [3.63, 3.8) is 0 Å². The molecule has 90 valence electrons. The summed E-state index contributed by atoms with van der Waals surface area (Å²) in [6.07, 6.45) is 0. The van der Waals surface area contributed by atoms with E-state index < -0.39 is 0 Å². The summed E-state index contributed by atoms with van der Waals surface area (Å²) in [5, 5.41) is 3.43. The molecule has 1 aromatic carbocycles. The van der Waals surface area contributed by atoms with Crippen LogP contribution >= 0.6 is 0 Å². The summed E-state index contributed by atoms with van der Waals surface area (Å²) in [4.78, 5) is 2.21. The van der Waals surface area contributed by atoms with E-state index in [0.29, 0.717) is 0 Å². The van der Waals surface area contributed by atoms with Crippen LogP contribution in [0.3, 0.4) is 0 Å². The van der Waals surface area contributed by atoms with Gasteiger partial charge in [-0.2, -0.15) is 0 Å². The highest BCUT2D eigenvalue weighted by Crippen LogP contribution is 2.18. The Morgan fingerprint density at radius 3 is 2.38 bits per heavy atom. The van der Waals surface area contributed by atoms with Gasteiger partial charge in [0.05, 0.1) is 0 Å².